The first-order valence-electron chi connectivity index (χ1n) is 9.78. The molecule has 2 aromatic carbocycles. The molecule has 0 atom stereocenters. The van der Waals surface area contributed by atoms with Gasteiger partial charge >= 0.3 is 0 Å². The minimum absolute atomic E-state index is 0.158. The molecule has 152 valence electrons. The lowest BCUT2D eigenvalue weighted by Crippen LogP contribution is -2.25. The van der Waals surface area contributed by atoms with E-state index in [1.807, 2.05) is 68.4 Å². The maximum atomic E-state index is 12.9. The number of carbonyl (C=O) groups is 1. The Labute approximate surface area is 171 Å². The van der Waals surface area contributed by atoms with Crippen molar-refractivity contribution < 1.29 is 14.3 Å². The fourth-order valence-electron chi connectivity index (χ4n) is 2.93. The Morgan fingerprint density at radius 2 is 1.93 bits per heavy atom. The highest BCUT2D eigenvalue weighted by atomic mass is 16.5. The van der Waals surface area contributed by atoms with Crippen LogP contribution in [0.25, 0.3) is 16.9 Å². The van der Waals surface area contributed by atoms with Crippen LogP contribution in [0.3, 0.4) is 0 Å². The second kappa shape index (κ2) is 9.89. The normalized spacial score (nSPS) is 10.9. The van der Waals surface area contributed by atoms with Crippen molar-refractivity contribution in [2.75, 3.05) is 20.3 Å². The monoisotopic (exact) mass is 393 g/mol. The number of amides is 1. The van der Waals surface area contributed by atoms with Gasteiger partial charge in [-0.3, -0.25) is 4.79 Å². The van der Waals surface area contributed by atoms with Gasteiger partial charge in [-0.1, -0.05) is 30.3 Å². The first-order valence-corrected chi connectivity index (χ1v) is 9.78. The number of hydrogen-bond acceptors (Lipinski definition) is 4. The third kappa shape index (κ3) is 5.45. The van der Waals surface area contributed by atoms with E-state index in [2.05, 4.69) is 5.32 Å². The van der Waals surface area contributed by atoms with Crippen molar-refractivity contribution >= 4 is 5.91 Å². The van der Waals surface area contributed by atoms with Crippen molar-refractivity contribution in [1.82, 2.24) is 15.1 Å². The molecule has 0 fully saturated rings. The average Bonchev–Trinajstić information content (AvgIpc) is 3.19. The van der Waals surface area contributed by atoms with E-state index in [0.717, 1.165) is 17.7 Å². The molecule has 1 aromatic heterocycles. The average molecular weight is 393 g/mol. The lowest BCUT2D eigenvalue weighted by Gasteiger charge is -2.08. The molecule has 6 heteroatoms. The van der Waals surface area contributed by atoms with Crippen LogP contribution < -0.4 is 10.1 Å². The van der Waals surface area contributed by atoms with Gasteiger partial charge in [-0.2, -0.15) is 5.10 Å². The fourth-order valence-corrected chi connectivity index (χ4v) is 2.93. The highest BCUT2D eigenvalue weighted by Gasteiger charge is 2.19. The van der Waals surface area contributed by atoms with Crippen molar-refractivity contribution in [3.63, 3.8) is 0 Å². The van der Waals surface area contributed by atoms with E-state index in [4.69, 9.17) is 14.6 Å². The number of aromatic nitrogens is 2. The third-order valence-electron chi connectivity index (χ3n) is 4.38. The first-order chi connectivity index (χ1) is 14.1. The molecule has 1 amide bonds. The van der Waals surface area contributed by atoms with Crippen molar-refractivity contribution in [2.45, 2.75) is 26.4 Å². The number of nitrogens with one attached hydrogen (secondary N) is 1. The molecule has 0 aliphatic carbocycles. The molecule has 0 unspecified atom stereocenters. The summed E-state index contributed by atoms with van der Waals surface area (Å²) in [6.07, 6.45) is 2.71. The molecule has 0 aliphatic rings. The van der Waals surface area contributed by atoms with E-state index in [1.54, 1.807) is 18.0 Å². The summed E-state index contributed by atoms with van der Waals surface area (Å²) in [6.45, 7) is 5.15. The van der Waals surface area contributed by atoms with Gasteiger partial charge in [-0.15, -0.1) is 0 Å². The molecule has 1 heterocycles. The molecule has 29 heavy (non-hydrogen) atoms. The van der Waals surface area contributed by atoms with E-state index in [0.29, 0.717) is 30.2 Å². The zero-order valence-electron chi connectivity index (χ0n) is 17.1. The van der Waals surface area contributed by atoms with Crippen LogP contribution in [0.4, 0.5) is 0 Å². The minimum atomic E-state index is -0.158. The van der Waals surface area contributed by atoms with Gasteiger partial charge in [0.25, 0.3) is 5.91 Å². The van der Waals surface area contributed by atoms with Gasteiger partial charge in [0.2, 0.25) is 0 Å². The maximum Gasteiger partial charge on any atom is 0.255 e. The summed E-state index contributed by atoms with van der Waals surface area (Å²) in [5.74, 6) is 0.559. The van der Waals surface area contributed by atoms with E-state index in [9.17, 15) is 4.79 Å². The van der Waals surface area contributed by atoms with E-state index in [-0.39, 0.29) is 12.0 Å². The number of methoxy groups -OCH3 is 1. The molecule has 1 N–H and O–H groups in total. The molecule has 0 saturated heterocycles. The summed E-state index contributed by atoms with van der Waals surface area (Å²) in [5, 5.41) is 7.66. The molecular weight excluding hydrogens is 366 g/mol. The molecule has 0 saturated carbocycles. The summed E-state index contributed by atoms with van der Waals surface area (Å²) in [7, 11) is 1.62. The molecule has 3 rings (SSSR count). The maximum absolute atomic E-state index is 12.9. The standard InChI is InChI=1S/C23H27N3O3/c1-17(2)29-14-8-13-24-23(27)21-16-26(19-10-5-4-6-11-19)25-22(21)18-9-7-12-20(15-18)28-3/h4-7,9-12,15-17H,8,13-14H2,1-3H3,(H,24,27). The lowest BCUT2D eigenvalue weighted by atomic mass is 10.1. The summed E-state index contributed by atoms with van der Waals surface area (Å²) in [4.78, 5) is 12.9. The largest absolute Gasteiger partial charge is 0.497 e. The smallest absolute Gasteiger partial charge is 0.255 e. The predicted molar refractivity (Wildman–Crippen MR) is 114 cm³/mol. The van der Waals surface area contributed by atoms with Gasteiger partial charge in [0, 0.05) is 24.9 Å². The highest BCUT2D eigenvalue weighted by Crippen LogP contribution is 2.27. The number of nitrogens with zero attached hydrogens (tertiary/aromatic N) is 2. The molecule has 3 aromatic rings. The van der Waals surface area contributed by atoms with Crippen LogP contribution in [0, 0.1) is 0 Å². The number of benzene rings is 2. The number of para-hydroxylation sites is 1. The van der Waals surface area contributed by atoms with Crippen LogP contribution in [0.1, 0.15) is 30.6 Å². The first kappa shape index (κ1) is 20.6. The molecule has 6 nitrogen and oxygen atoms in total. The van der Waals surface area contributed by atoms with E-state index in [1.165, 1.54) is 0 Å². The van der Waals surface area contributed by atoms with Crippen molar-refractivity contribution in [2.24, 2.45) is 0 Å². The quantitative estimate of drug-likeness (QED) is 0.556. The molecular formula is C23H27N3O3. The summed E-state index contributed by atoms with van der Waals surface area (Å²) in [6, 6.07) is 17.3. The topological polar surface area (TPSA) is 65.4 Å². The Morgan fingerprint density at radius 1 is 1.14 bits per heavy atom. The summed E-state index contributed by atoms with van der Waals surface area (Å²) in [5.41, 5.74) is 2.85. The van der Waals surface area contributed by atoms with Gasteiger partial charge in [-0.25, -0.2) is 4.68 Å². The zero-order valence-corrected chi connectivity index (χ0v) is 17.1. The van der Waals surface area contributed by atoms with Crippen LogP contribution >= 0.6 is 0 Å². The fraction of sp³-hybridized carbons (Fsp3) is 0.304. The summed E-state index contributed by atoms with van der Waals surface area (Å²) < 4.78 is 12.6. The number of ether oxygens (including phenoxy) is 2. The second-order valence-corrected chi connectivity index (χ2v) is 6.93. The zero-order chi connectivity index (χ0) is 20.6. The minimum Gasteiger partial charge on any atom is -0.497 e. The lowest BCUT2D eigenvalue weighted by molar-refractivity contribution is 0.0757. The Kier molecular flexibility index (Phi) is 7.03. The number of carbonyl (C=O) groups excluding carboxylic acids is 1. The van der Waals surface area contributed by atoms with Crippen LogP contribution in [-0.2, 0) is 4.74 Å². The van der Waals surface area contributed by atoms with Crippen LogP contribution in [-0.4, -0.2) is 42.1 Å². The van der Waals surface area contributed by atoms with E-state index < -0.39 is 0 Å². The van der Waals surface area contributed by atoms with Crippen LogP contribution in [0.15, 0.2) is 60.8 Å². The van der Waals surface area contributed by atoms with Crippen LogP contribution in [0.5, 0.6) is 5.75 Å². The van der Waals surface area contributed by atoms with Gasteiger partial charge in [0.1, 0.15) is 11.4 Å². The van der Waals surface area contributed by atoms with Gasteiger partial charge < -0.3 is 14.8 Å². The molecule has 0 radical (unpaired) electrons. The van der Waals surface area contributed by atoms with Gasteiger partial charge in [-0.05, 0) is 44.5 Å². The van der Waals surface area contributed by atoms with Gasteiger partial charge in [0.05, 0.1) is 24.5 Å². The van der Waals surface area contributed by atoms with Gasteiger partial charge in [0.15, 0.2) is 0 Å². The van der Waals surface area contributed by atoms with E-state index >= 15 is 0 Å². The molecule has 0 spiro atoms. The summed E-state index contributed by atoms with van der Waals surface area (Å²) >= 11 is 0. The van der Waals surface area contributed by atoms with Crippen LogP contribution in [0.2, 0.25) is 0 Å². The van der Waals surface area contributed by atoms with Crippen molar-refractivity contribution in [3.8, 4) is 22.7 Å². The Balaban J connectivity index is 1.85. The molecule has 0 aliphatic heterocycles. The Morgan fingerprint density at radius 3 is 2.66 bits per heavy atom. The molecule has 0 bridgehead atoms. The number of hydrogen-bond donors (Lipinski definition) is 1. The van der Waals surface area contributed by atoms with Crippen molar-refractivity contribution in [3.05, 3.63) is 66.4 Å². The highest BCUT2D eigenvalue weighted by molar-refractivity contribution is 6.00. The number of rotatable bonds is 9. The SMILES string of the molecule is COc1cccc(-c2nn(-c3ccccc3)cc2C(=O)NCCCOC(C)C)c1. The van der Waals surface area contributed by atoms with Crippen molar-refractivity contribution in [1.29, 1.82) is 0 Å². The Hall–Kier alpha value is -3.12. The predicted octanol–water partition coefficient (Wildman–Crippen LogP) is 4.09. The third-order valence-corrected chi connectivity index (χ3v) is 4.38. The Bertz CT molecular complexity index is 936. The second-order valence-electron chi connectivity index (χ2n) is 6.93.